The standard InChI is InChI=1S/C22H21ClN2O3S/c1-14(2)24(3)20(26)17-9-7-15(8-10-17)12-19-21(27)25(22(28)29-19)13-16-5-4-6-18(23)11-16/h4-12,14H,13H2,1-3H3/b19-12-. The Kier molecular flexibility index (Phi) is 6.45. The highest BCUT2D eigenvalue weighted by molar-refractivity contribution is 8.18. The van der Waals surface area contributed by atoms with Crippen molar-refractivity contribution in [3.63, 3.8) is 0 Å². The lowest BCUT2D eigenvalue weighted by Crippen LogP contribution is -2.32. The first-order valence-electron chi connectivity index (χ1n) is 9.13. The van der Waals surface area contributed by atoms with Gasteiger partial charge in [0.25, 0.3) is 17.1 Å². The Hall–Kier alpha value is -2.57. The molecule has 0 saturated carbocycles. The molecule has 7 heteroatoms. The second kappa shape index (κ2) is 8.84. The fraction of sp³-hybridized carbons (Fsp3) is 0.227. The molecule has 0 bridgehead atoms. The van der Waals surface area contributed by atoms with Crippen molar-refractivity contribution in [2.24, 2.45) is 0 Å². The SMILES string of the molecule is CC(C)N(C)C(=O)c1ccc(/C=C2\SC(=O)N(Cc3cccc(Cl)c3)C2=O)cc1. The summed E-state index contributed by atoms with van der Waals surface area (Å²) in [7, 11) is 1.76. The van der Waals surface area contributed by atoms with E-state index in [4.69, 9.17) is 11.6 Å². The second-order valence-corrected chi connectivity index (χ2v) is 8.46. The van der Waals surface area contributed by atoms with E-state index in [9.17, 15) is 14.4 Å². The molecule has 2 aromatic rings. The number of halogens is 1. The van der Waals surface area contributed by atoms with Gasteiger partial charge in [-0.05, 0) is 67.1 Å². The van der Waals surface area contributed by atoms with Gasteiger partial charge in [0.2, 0.25) is 0 Å². The quantitative estimate of drug-likeness (QED) is 0.625. The van der Waals surface area contributed by atoms with Gasteiger partial charge >= 0.3 is 0 Å². The molecule has 0 atom stereocenters. The van der Waals surface area contributed by atoms with Crippen LogP contribution in [0.25, 0.3) is 6.08 Å². The number of nitrogens with zero attached hydrogens (tertiary/aromatic N) is 2. The zero-order valence-corrected chi connectivity index (χ0v) is 18.0. The molecule has 5 nitrogen and oxygen atoms in total. The van der Waals surface area contributed by atoms with Gasteiger partial charge in [-0.25, -0.2) is 0 Å². The Balaban J connectivity index is 1.74. The number of benzene rings is 2. The van der Waals surface area contributed by atoms with Gasteiger partial charge in [0.1, 0.15) is 0 Å². The van der Waals surface area contributed by atoms with Crippen molar-refractivity contribution in [1.29, 1.82) is 0 Å². The maximum absolute atomic E-state index is 12.7. The summed E-state index contributed by atoms with van der Waals surface area (Å²) >= 11 is 6.89. The summed E-state index contributed by atoms with van der Waals surface area (Å²) in [5.41, 5.74) is 2.12. The number of hydrogen-bond donors (Lipinski definition) is 0. The van der Waals surface area contributed by atoms with E-state index in [2.05, 4.69) is 0 Å². The fourth-order valence-electron chi connectivity index (χ4n) is 2.77. The van der Waals surface area contributed by atoms with Crippen LogP contribution in [-0.2, 0) is 11.3 Å². The van der Waals surface area contributed by atoms with E-state index in [0.717, 1.165) is 22.9 Å². The molecule has 1 aliphatic rings. The van der Waals surface area contributed by atoms with Crippen LogP contribution in [0, 0.1) is 0 Å². The third kappa shape index (κ3) is 4.89. The Labute approximate surface area is 179 Å². The van der Waals surface area contributed by atoms with Crippen LogP contribution in [0.4, 0.5) is 4.79 Å². The van der Waals surface area contributed by atoms with Crippen LogP contribution < -0.4 is 0 Å². The highest BCUT2D eigenvalue weighted by Crippen LogP contribution is 2.33. The number of rotatable bonds is 5. The van der Waals surface area contributed by atoms with E-state index in [1.54, 1.807) is 60.5 Å². The monoisotopic (exact) mass is 428 g/mol. The van der Waals surface area contributed by atoms with Crippen molar-refractivity contribution < 1.29 is 14.4 Å². The molecule has 3 rings (SSSR count). The van der Waals surface area contributed by atoms with Crippen LogP contribution in [-0.4, -0.2) is 39.9 Å². The maximum Gasteiger partial charge on any atom is 0.293 e. The zero-order valence-electron chi connectivity index (χ0n) is 16.4. The molecule has 1 aliphatic heterocycles. The van der Waals surface area contributed by atoms with Gasteiger partial charge in [0.05, 0.1) is 11.4 Å². The van der Waals surface area contributed by atoms with Gasteiger partial charge in [-0.2, -0.15) is 0 Å². The molecule has 0 N–H and O–H groups in total. The van der Waals surface area contributed by atoms with Gasteiger partial charge in [-0.3, -0.25) is 19.3 Å². The molecule has 2 aromatic carbocycles. The van der Waals surface area contributed by atoms with Crippen molar-refractivity contribution in [1.82, 2.24) is 9.80 Å². The first kappa shape index (κ1) is 21.1. The number of hydrogen-bond acceptors (Lipinski definition) is 4. The highest BCUT2D eigenvalue weighted by Gasteiger charge is 2.35. The molecule has 29 heavy (non-hydrogen) atoms. The number of thioether (sulfide) groups is 1. The van der Waals surface area contributed by atoms with Crippen LogP contribution in [0.2, 0.25) is 5.02 Å². The number of imide groups is 1. The fourth-order valence-corrected chi connectivity index (χ4v) is 3.82. The normalized spacial score (nSPS) is 15.5. The molecule has 0 spiro atoms. The Morgan fingerprint density at radius 3 is 2.48 bits per heavy atom. The molecule has 0 aliphatic carbocycles. The molecule has 1 saturated heterocycles. The maximum atomic E-state index is 12.7. The number of amides is 3. The average Bonchev–Trinajstić information content (AvgIpc) is 2.95. The van der Waals surface area contributed by atoms with Gasteiger partial charge in [0.15, 0.2) is 0 Å². The summed E-state index contributed by atoms with van der Waals surface area (Å²) < 4.78 is 0. The minimum Gasteiger partial charge on any atom is -0.339 e. The molecule has 3 amide bonds. The van der Waals surface area contributed by atoms with Gasteiger partial charge in [-0.1, -0.05) is 35.9 Å². The molecule has 1 heterocycles. The van der Waals surface area contributed by atoms with Crippen LogP contribution in [0.5, 0.6) is 0 Å². The van der Waals surface area contributed by atoms with Crippen LogP contribution in [0.1, 0.15) is 35.3 Å². The lowest BCUT2D eigenvalue weighted by Gasteiger charge is -2.21. The minimum atomic E-state index is -0.334. The van der Waals surface area contributed by atoms with Crippen molar-refractivity contribution in [2.75, 3.05) is 7.05 Å². The van der Waals surface area contributed by atoms with E-state index in [0.29, 0.717) is 15.5 Å². The summed E-state index contributed by atoms with van der Waals surface area (Å²) in [6, 6.07) is 14.2. The minimum absolute atomic E-state index is 0.0617. The van der Waals surface area contributed by atoms with Gasteiger partial charge in [-0.15, -0.1) is 0 Å². The Morgan fingerprint density at radius 2 is 1.86 bits per heavy atom. The molecular formula is C22H21ClN2O3S. The third-order valence-corrected chi connectivity index (χ3v) is 5.80. The van der Waals surface area contributed by atoms with E-state index in [1.807, 2.05) is 19.9 Å². The smallest absolute Gasteiger partial charge is 0.293 e. The van der Waals surface area contributed by atoms with E-state index in [-0.39, 0.29) is 29.6 Å². The lowest BCUT2D eigenvalue weighted by molar-refractivity contribution is -0.123. The van der Waals surface area contributed by atoms with Gasteiger partial charge < -0.3 is 4.90 Å². The summed E-state index contributed by atoms with van der Waals surface area (Å²) in [4.78, 5) is 40.6. The summed E-state index contributed by atoms with van der Waals surface area (Å²) in [6.45, 7) is 4.08. The topological polar surface area (TPSA) is 57.7 Å². The van der Waals surface area contributed by atoms with E-state index >= 15 is 0 Å². The van der Waals surface area contributed by atoms with Crippen molar-refractivity contribution in [3.05, 3.63) is 75.1 Å². The molecular weight excluding hydrogens is 408 g/mol. The number of carbonyl (C=O) groups excluding carboxylic acids is 3. The third-order valence-electron chi connectivity index (χ3n) is 4.65. The van der Waals surface area contributed by atoms with Crippen molar-refractivity contribution in [2.45, 2.75) is 26.4 Å². The molecule has 0 unspecified atom stereocenters. The Bertz CT molecular complexity index is 986. The second-order valence-electron chi connectivity index (χ2n) is 7.03. The number of carbonyl (C=O) groups is 3. The summed E-state index contributed by atoms with van der Waals surface area (Å²) in [5, 5.41) is 0.245. The zero-order chi connectivity index (χ0) is 21.1. The first-order chi connectivity index (χ1) is 13.8. The molecule has 150 valence electrons. The van der Waals surface area contributed by atoms with Crippen LogP contribution in [0.15, 0.2) is 53.4 Å². The average molecular weight is 429 g/mol. The largest absolute Gasteiger partial charge is 0.339 e. The van der Waals surface area contributed by atoms with Crippen LogP contribution >= 0.6 is 23.4 Å². The summed E-state index contributed by atoms with van der Waals surface area (Å²) in [6.07, 6.45) is 1.67. The molecule has 0 aromatic heterocycles. The Morgan fingerprint density at radius 1 is 1.17 bits per heavy atom. The van der Waals surface area contributed by atoms with Gasteiger partial charge in [0, 0.05) is 23.7 Å². The summed E-state index contributed by atoms with van der Waals surface area (Å²) in [5.74, 6) is -0.395. The van der Waals surface area contributed by atoms with E-state index < -0.39 is 0 Å². The van der Waals surface area contributed by atoms with Crippen LogP contribution in [0.3, 0.4) is 0 Å². The van der Waals surface area contributed by atoms with E-state index in [1.165, 1.54) is 4.90 Å². The van der Waals surface area contributed by atoms with Crippen molar-refractivity contribution in [3.8, 4) is 0 Å². The van der Waals surface area contributed by atoms with Crippen molar-refractivity contribution >= 4 is 46.5 Å². The predicted molar refractivity (Wildman–Crippen MR) is 117 cm³/mol. The first-order valence-corrected chi connectivity index (χ1v) is 10.3. The molecule has 0 radical (unpaired) electrons. The predicted octanol–water partition coefficient (Wildman–Crippen LogP) is 5.06. The highest BCUT2D eigenvalue weighted by atomic mass is 35.5. The lowest BCUT2D eigenvalue weighted by atomic mass is 10.1. The molecule has 1 fully saturated rings.